The van der Waals surface area contributed by atoms with Gasteiger partial charge >= 0.3 is 5.97 Å². The Morgan fingerprint density at radius 2 is 1.52 bits per heavy atom. The van der Waals surface area contributed by atoms with Crippen LogP contribution in [0.5, 0.6) is 0 Å². The number of rotatable bonds is 4. The molecule has 1 saturated carbocycles. The minimum absolute atomic E-state index is 0.0188. The van der Waals surface area contributed by atoms with Crippen LogP contribution >= 0.6 is 0 Å². The molecule has 1 heterocycles. The molecule has 1 aromatic carbocycles. The fourth-order valence-corrected chi connectivity index (χ4v) is 6.04. The minimum Gasteiger partial charge on any atom is -0.481 e. The molecule has 1 aliphatic heterocycles. The van der Waals surface area contributed by atoms with Gasteiger partial charge in [-0.1, -0.05) is 30.4 Å². The highest BCUT2D eigenvalue weighted by Crippen LogP contribution is 2.48. The smallest absolute Gasteiger partial charge is 0.307 e. The normalized spacial score (nSPS) is 30.6. The van der Waals surface area contributed by atoms with Gasteiger partial charge in [-0.25, -0.2) is 8.42 Å². The molecule has 0 unspecified atom stereocenters. The Kier molecular flexibility index (Phi) is 4.55. The highest BCUT2D eigenvalue weighted by atomic mass is 32.2. The Morgan fingerprint density at radius 3 is 2.11 bits per heavy atom. The molecule has 1 aromatic rings. The highest BCUT2D eigenvalue weighted by Gasteiger charge is 2.52. The van der Waals surface area contributed by atoms with Crippen molar-refractivity contribution in [3.05, 3.63) is 42.5 Å². The lowest BCUT2D eigenvalue weighted by Crippen LogP contribution is -2.53. The second-order valence-electron chi connectivity index (χ2n) is 7.38. The second-order valence-corrected chi connectivity index (χ2v) is 9.32. The zero-order valence-electron chi connectivity index (χ0n) is 14.8. The molecule has 8 heteroatoms. The van der Waals surface area contributed by atoms with Crippen LogP contribution in [0, 0.1) is 23.7 Å². The first-order valence-electron chi connectivity index (χ1n) is 9.14. The van der Waals surface area contributed by atoms with Crippen LogP contribution in [-0.4, -0.2) is 60.8 Å². The molecule has 1 amide bonds. The van der Waals surface area contributed by atoms with Crippen molar-refractivity contribution in [1.82, 2.24) is 9.21 Å². The van der Waals surface area contributed by atoms with E-state index >= 15 is 0 Å². The molecule has 0 aromatic heterocycles. The van der Waals surface area contributed by atoms with Gasteiger partial charge in [0.15, 0.2) is 0 Å². The van der Waals surface area contributed by atoms with Crippen molar-refractivity contribution in [2.45, 2.75) is 11.3 Å². The lowest BCUT2D eigenvalue weighted by atomic mass is 9.82. The van der Waals surface area contributed by atoms with Crippen LogP contribution in [0.15, 0.2) is 47.4 Å². The van der Waals surface area contributed by atoms with Crippen LogP contribution in [0.4, 0.5) is 0 Å². The first kappa shape index (κ1) is 18.2. The fraction of sp³-hybridized carbons (Fsp3) is 0.474. The molecule has 0 radical (unpaired) electrons. The number of nitrogens with zero attached hydrogens (tertiary/aromatic N) is 2. The van der Waals surface area contributed by atoms with Gasteiger partial charge in [0.25, 0.3) is 0 Å². The number of amides is 1. The Bertz CT molecular complexity index is 875. The third-order valence-electron chi connectivity index (χ3n) is 5.96. The van der Waals surface area contributed by atoms with Gasteiger partial charge in [0.1, 0.15) is 0 Å². The number of carbonyl (C=O) groups is 2. The molecule has 2 aliphatic carbocycles. The number of hydrogen-bond donors (Lipinski definition) is 1. The maximum absolute atomic E-state index is 13.0. The molecule has 1 N–H and O–H groups in total. The molecule has 4 atom stereocenters. The summed E-state index contributed by atoms with van der Waals surface area (Å²) in [6.45, 7) is 1.01. The molecule has 3 aliphatic rings. The molecule has 144 valence electrons. The summed E-state index contributed by atoms with van der Waals surface area (Å²) in [7, 11) is -3.57. The van der Waals surface area contributed by atoms with E-state index in [9.17, 15) is 23.1 Å². The number of sulfonamides is 1. The Morgan fingerprint density at radius 1 is 0.926 bits per heavy atom. The van der Waals surface area contributed by atoms with Gasteiger partial charge < -0.3 is 10.0 Å². The number of allylic oxidation sites excluding steroid dienone is 2. The van der Waals surface area contributed by atoms with Crippen molar-refractivity contribution < 1.29 is 23.1 Å². The molecule has 2 fully saturated rings. The van der Waals surface area contributed by atoms with Crippen LogP contribution in [0.25, 0.3) is 0 Å². The van der Waals surface area contributed by atoms with Crippen LogP contribution in [0.2, 0.25) is 0 Å². The number of aliphatic carboxylic acids is 1. The summed E-state index contributed by atoms with van der Waals surface area (Å²) in [5.74, 6) is -2.37. The summed E-state index contributed by atoms with van der Waals surface area (Å²) in [5.41, 5.74) is 0. The Hall–Kier alpha value is -2.19. The maximum atomic E-state index is 13.0. The molecular weight excluding hydrogens is 368 g/mol. The topological polar surface area (TPSA) is 95.0 Å². The molecule has 0 spiro atoms. The van der Waals surface area contributed by atoms with E-state index in [4.69, 9.17) is 0 Å². The fourth-order valence-electron chi connectivity index (χ4n) is 4.60. The van der Waals surface area contributed by atoms with E-state index in [1.165, 1.54) is 4.31 Å². The maximum Gasteiger partial charge on any atom is 0.307 e. The summed E-state index contributed by atoms with van der Waals surface area (Å²) in [5, 5.41) is 9.54. The molecule has 1 saturated heterocycles. The van der Waals surface area contributed by atoms with E-state index in [-0.39, 0.29) is 48.8 Å². The van der Waals surface area contributed by atoms with Gasteiger partial charge in [-0.15, -0.1) is 0 Å². The van der Waals surface area contributed by atoms with Gasteiger partial charge in [0.05, 0.1) is 16.7 Å². The zero-order valence-corrected chi connectivity index (χ0v) is 15.6. The largest absolute Gasteiger partial charge is 0.481 e. The number of carbonyl (C=O) groups excluding carboxylic acids is 1. The lowest BCUT2D eigenvalue weighted by molar-refractivity contribution is -0.151. The van der Waals surface area contributed by atoms with Crippen LogP contribution in [0.1, 0.15) is 6.42 Å². The van der Waals surface area contributed by atoms with Crippen LogP contribution < -0.4 is 0 Å². The van der Waals surface area contributed by atoms with E-state index < -0.39 is 27.8 Å². The predicted octanol–water partition coefficient (Wildman–Crippen LogP) is 1.04. The SMILES string of the molecule is O=C(O)[C@@H]1[C@H](C(=O)N2CCN(S(=O)(=O)c3ccccc3)CC2)[C@H]2C=C[C@H]1C2. The number of piperazine rings is 1. The first-order chi connectivity index (χ1) is 12.9. The van der Waals surface area contributed by atoms with Crippen molar-refractivity contribution >= 4 is 21.9 Å². The Labute approximate surface area is 158 Å². The number of hydrogen-bond acceptors (Lipinski definition) is 4. The van der Waals surface area contributed by atoms with Crippen molar-refractivity contribution in [1.29, 1.82) is 0 Å². The summed E-state index contributed by atoms with van der Waals surface area (Å²) >= 11 is 0. The number of fused-ring (bicyclic) bond motifs is 2. The number of carboxylic acids is 1. The van der Waals surface area contributed by atoms with Gasteiger partial charge in [-0.2, -0.15) is 4.31 Å². The van der Waals surface area contributed by atoms with Gasteiger partial charge in [0.2, 0.25) is 15.9 Å². The number of benzene rings is 1. The highest BCUT2D eigenvalue weighted by molar-refractivity contribution is 7.89. The third-order valence-corrected chi connectivity index (χ3v) is 7.87. The van der Waals surface area contributed by atoms with E-state index in [0.717, 1.165) is 6.42 Å². The average molecular weight is 390 g/mol. The van der Waals surface area contributed by atoms with Crippen molar-refractivity contribution in [3.8, 4) is 0 Å². The van der Waals surface area contributed by atoms with E-state index in [1.54, 1.807) is 35.2 Å². The summed E-state index contributed by atoms with van der Waals surface area (Å²) in [6, 6.07) is 8.25. The van der Waals surface area contributed by atoms with Gasteiger partial charge in [-0.05, 0) is 30.4 Å². The standard InChI is InChI=1S/C19H22N2O5S/c22-18(16-13-6-7-14(12-13)17(16)19(23)24)20-8-10-21(11-9-20)27(25,26)15-4-2-1-3-5-15/h1-7,13-14,16-17H,8-12H2,(H,23,24)/t13-,14-,16+,17-/m0/s1. The molecule has 2 bridgehead atoms. The minimum atomic E-state index is -3.57. The van der Waals surface area contributed by atoms with E-state index in [2.05, 4.69) is 0 Å². The molecule has 27 heavy (non-hydrogen) atoms. The quantitative estimate of drug-likeness (QED) is 0.775. The lowest BCUT2D eigenvalue weighted by Gasteiger charge is -2.37. The average Bonchev–Trinajstić information content (AvgIpc) is 3.29. The van der Waals surface area contributed by atoms with E-state index in [0.29, 0.717) is 0 Å². The molecule has 7 nitrogen and oxygen atoms in total. The summed E-state index contributed by atoms with van der Waals surface area (Å²) < 4.78 is 26.8. The second kappa shape index (κ2) is 6.76. The van der Waals surface area contributed by atoms with Crippen LogP contribution in [0.3, 0.4) is 0 Å². The van der Waals surface area contributed by atoms with Crippen molar-refractivity contribution in [2.75, 3.05) is 26.2 Å². The summed E-state index contributed by atoms with van der Waals surface area (Å²) in [4.78, 5) is 26.5. The first-order valence-corrected chi connectivity index (χ1v) is 10.6. The molecule has 4 rings (SSSR count). The predicted molar refractivity (Wildman–Crippen MR) is 97.1 cm³/mol. The van der Waals surface area contributed by atoms with Crippen molar-refractivity contribution in [3.63, 3.8) is 0 Å². The Balaban J connectivity index is 1.44. The van der Waals surface area contributed by atoms with Crippen molar-refractivity contribution in [2.24, 2.45) is 23.7 Å². The molecular formula is C19H22N2O5S. The van der Waals surface area contributed by atoms with Gasteiger partial charge in [-0.3, -0.25) is 9.59 Å². The zero-order chi connectivity index (χ0) is 19.2. The summed E-state index contributed by atoms with van der Waals surface area (Å²) in [6.07, 6.45) is 4.59. The van der Waals surface area contributed by atoms with E-state index in [1.807, 2.05) is 12.2 Å². The van der Waals surface area contributed by atoms with Crippen LogP contribution in [-0.2, 0) is 19.6 Å². The monoisotopic (exact) mass is 390 g/mol. The number of carboxylic acid groups (broad SMARTS) is 1. The third kappa shape index (κ3) is 3.06. The van der Waals surface area contributed by atoms with Gasteiger partial charge in [0, 0.05) is 26.2 Å².